The molecule has 0 aromatic heterocycles. The zero-order valence-electron chi connectivity index (χ0n) is 13.2. The molecule has 1 aliphatic rings. The van der Waals surface area contributed by atoms with Crippen LogP contribution in [0.4, 0.5) is 5.69 Å². The van der Waals surface area contributed by atoms with Gasteiger partial charge in [0.05, 0.1) is 5.56 Å². The Labute approximate surface area is 142 Å². The van der Waals surface area contributed by atoms with Crippen molar-refractivity contribution in [1.82, 2.24) is 4.90 Å². The highest BCUT2D eigenvalue weighted by Crippen LogP contribution is 2.11. The van der Waals surface area contributed by atoms with E-state index >= 15 is 0 Å². The van der Waals surface area contributed by atoms with E-state index in [9.17, 15) is 18.6 Å². The molecule has 24 heavy (non-hydrogen) atoms. The van der Waals surface area contributed by atoms with Gasteiger partial charge in [0.25, 0.3) is 0 Å². The largest absolute Gasteiger partial charge is 0.478 e. The molecule has 0 aliphatic carbocycles. The Morgan fingerprint density at radius 2 is 1.67 bits per heavy atom. The van der Waals surface area contributed by atoms with Crippen molar-refractivity contribution >= 4 is 34.3 Å². The molecule has 2 N–H and O–H groups in total. The van der Waals surface area contributed by atoms with Crippen LogP contribution >= 0.6 is 0 Å². The summed E-state index contributed by atoms with van der Waals surface area (Å²) in [6.07, 6.45) is 3.03. The van der Waals surface area contributed by atoms with Gasteiger partial charge in [-0.05, 0) is 43.5 Å². The molecule has 0 saturated carbocycles. The number of carbonyl (C=O) groups excluding carboxylic acids is 2. The lowest BCUT2D eigenvalue weighted by molar-refractivity contribution is -0.129. The maximum Gasteiger partial charge on any atom is 0.335 e. The van der Waals surface area contributed by atoms with Crippen LogP contribution in [0.3, 0.4) is 0 Å². The molecule has 2 rings (SSSR count). The fourth-order valence-electron chi connectivity index (χ4n) is 2.46. The number of likely N-dealkylation sites (tertiary alicyclic amines) is 1. The van der Waals surface area contributed by atoms with Crippen LogP contribution in [0.2, 0.25) is 0 Å². The Kier molecular flexibility index (Phi) is 6.48. The number of nitrogens with one attached hydrogen (secondary N) is 1. The summed E-state index contributed by atoms with van der Waals surface area (Å²) in [5.41, 5.74) is 0.535. The van der Waals surface area contributed by atoms with E-state index in [1.165, 1.54) is 24.3 Å². The van der Waals surface area contributed by atoms with Gasteiger partial charge in [0.1, 0.15) is 11.5 Å². The number of hydrogen-bond donors (Lipinski definition) is 2. The van der Waals surface area contributed by atoms with Crippen molar-refractivity contribution < 1.29 is 23.7 Å². The number of aromatic carboxylic acids is 1. The summed E-state index contributed by atoms with van der Waals surface area (Å²) in [4.78, 5) is 36.3. The highest BCUT2D eigenvalue weighted by Gasteiger charge is 2.20. The van der Waals surface area contributed by atoms with E-state index in [-0.39, 0.29) is 23.0 Å². The predicted molar refractivity (Wildman–Crippen MR) is 90.3 cm³/mol. The number of hydrogen-bond acceptors (Lipinski definition) is 4. The van der Waals surface area contributed by atoms with Gasteiger partial charge >= 0.3 is 5.97 Å². The van der Waals surface area contributed by atoms with E-state index in [1.54, 1.807) is 4.90 Å². The maximum atomic E-state index is 12.0. The lowest BCUT2D eigenvalue weighted by Crippen LogP contribution is -2.39. The minimum atomic E-state index is -1.56. The van der Waals surface area contributed by atoms with Crippen molar-refractivity contribution in [3.05, 3.63) is 29.8 Å². The lowest BCUT2D eigenvalue weighted by Gasteiger charge is -2.26. The molecule has 1 aromatic rings. The third-order valence-electron chi connectivity index (χ3n) is 3.70. The second-order valence-corrected chi connectivity index (χ2v) is 7.06. The van der Waals surface area contributed by atoms with Crippen LogP contribution in [-0.4, -0.2) is 56.6 Å². The smallest absolute Gasteiger partial charge is 0.335 e. The molecule has 1 atom stereocenters. The molecule has 7 nitrogen and oxygen atoms in total. The van der Waals surface area contributed by atoms with Crippen molar-refractivity contribution in [2.75, 3.05) is 29.9 Å². The van der Waals surface area contributed by atoms with Crippen LogP contribution < -0.4 is 5.32 Å². The zero-order valence-corrected chi connectivity index (χ0v) is 14.0. The Morgan fingerprint density at radius 3 is 2.25 bits per heavy atom. The zero-order chi connectivity index (χ0) is 17.5. The molecule has 1 heterocycles. The number of carboxylic acid groups (broad SMARTS) is 1. The molecule has 1 fully saturated rings. The number of piperidine rings is 1. The summed E-state index contributed by atoms with van der Waals surface area (Å²) in [7, 11) is -1.56. The number of amides is 2. The fraction of sp³-hybridized carbons (Fsp3) is 0.438. The van der Waals surface area contributed by atoms with Gasteiger partial charge in [-0.2, -0.15) is 0 Å². The minimum Gasteiger partial charge on any atom is -0.478 e. The Balaban J connectivity index is 1.79. The average Bonchev–Trinajstić information content (AvgIpc) is 2.55. The first-order chi connectivity index (χ1) is 11.5. The Bertz CT molecular complexity index is 638. The van der Waals surface area contributed by atoms with E-state index in [1.807, 2.05) is 0 Å². The van der Waals surface area contributed by atoms with Crippen molar-refractivity contribution in [3.63, 3.8) is 0 Å². The third kappa shape index (κ3) is 5.45. The number of carbonyl (C=O) groups is 3. The second kappa shape index (κ2) is 8.58. The number of nitrogens with zero attached hydrogens (tertiary/aromatic N) is 1. The number of carboxylic acids is 1. The molecule has 1 unspecified atom stereocenters. The number of anilines is 1. The van der Waals surface area contributed by atoms with Gasteiger partial charge in [0.15, 0.2) is 0 Å². The highest BCUT2D eigenvalue weighted by molar-refractivity contribution is 7.86. The fourth-order valence-corrected chi connectivity index (χ4v) is 3.39. The van der Waals surface area contributed by atoms with Crippen LogP contribution in [0.15, 0.2) is 24.3 Å². The quantitative estimate of drug-likeness (QED) is 0.797. The molecule has 0 radical (unpaired) electrons. The summed E-state index contributed by atoms with van der Waals surface area (Å²) in [6, 6.07) is 5.66. The monoisotopic (exact) mass is 352 g/mol. The van der Waals surface area contributed by atoms with E-state index in [0.29, 0.717) is 18.8 Å². The molecule has 1 aromatic carbocycles. The highest BCUT2D eigenvalue weighted by atomic mass is 32.2. The molecule has 0 bridgehead atoms. The molecular weight excluding hydrogens is 332 g/mol. The molecule has 0 spiro atoms. The summed E-state index contributed by atoms with van der Waals surface area (Å²) in [5, 5.41) is 11.3. The first-order valence-corrected chi connectivity index (χ1v) is 9.20. The van der Waals surface area contributed by atoms with Gasteiger partial charge in [-0.25, -0.2) is 4.79 Å². The Hall–Kier alpha value is -2.22. The first kappa shape index (κ1) is 18.1. The standard InChI is InChI=1S/C16H20N2O5S/c19-14(17-13-6-4-12(5-7-13)16(21)22)10-24(23)11-15(20)18-8-2-1-3-9-18/h4-7H,1-3,8-11H2,(H,17,19)(H,21,22). The molecule has 2 amide bonds. The SMILES string of the molecule is O=C(CS(=O)CC(=O)N1CCCCC1)Nc1ccc(C(=O)O)cc1. The summed E-state index contributed by atoms with van der Waals surface area (Å²) >= 11 is 0. The summed E-state index contributed by atoms with van der Waals surface area (Å²) in [5.74, 6) is -2.11. The third-order valence-corrected chi connectivity index (χ3v) is 4.85. The van der Waals surface area contributed by atoms with E-state index in [4.69, 9.17) is 5.11 Å². The maximum absolute atomic E-state index is 12.0. The number of benzene rings is 1. The molecule has 1 saturated heterocycles. The van der Waals surface area contributed by atoms with Gasteiger partial charge in [0, 0.05) is 29.6 Å². The normalized spacial score (nSPS) is 15.6. The first-order valence-electron chi connectivity index (χ1n) is 7.71. The second-order valence-electron chi connectivity index (χ2n) is 5.60. The van der Waals surface area contributed by atoms with E-state index in [0.717, 1.165) is 19.3 Å². The van der Waals surface area contributed by atoms with Crippen LogP contribution in [0.5, 0.6) is 0 Å². The van der Waals surface area contributed by atoms with Gasteiger partial charge in [0.2, 0.25) is 11.8 Å². The van der Waals surface area contributed by atoms with Gasteiger partial charge in [-0.3, -0.25) is 13.8 Å². The minimum absolute atomic E-state index is 0.115. The van der Waals surface area contributed by atoms with Crippen LogP contribution in [0.25, 0.3) is 0 Å². The molecule has 8 heteroatoms. The van der Waals surface area contributed by atoms with Crippen molar-refractivity contribution in [2.45, 2.75) is 19.3 Å². The van der Waals surface area contributed by atoms with Crippen LogP contribution in [-0.2, 0) is 20.4 Å². The van der Waals surface area contributed by atoms with Crippen molar-refractivity contribution in [1.29, 1.82) is 0 Å². The van der Waals surface area contributed by atoms with Crippen LogP contribution in [0.1, 0.15) is 29.6 Å². The molecular formula is C16H20N2O5S. The lowest BCUT2D eigenvalue weighted by atomic mass is 10.1. The summed E-state index contributed by atoms with van der Waals surface area (Å²) < 4.78 is 12.0. The van der Waals surface area contributed by atoms with E-state index < -0.39 is 22.7 Å². The van der Waals surface area contributed by atoms with Gasteiger partial charge < -0.3 is 15.3 Å². The molecule has 1 aliphatic heterocycles. The van der Waals surface area contributed by atoms with Gasteiger partial charge in [-0.1, -0.05) is 0 Å². The number of rotatable bonds is 6. The van der Waals surface area contributed by atoms with E-state index in [2.05, 4.69) is 5.32 Å². The van der Waals surface area contributed by atoms with Crippen LogP contribution in [0, 0.1) is 0 Å². The average molecular weight is 352 g/mol. The van der Waals surface area contributed by atoms with Crippen molar-refractivity contribution in [3.8, 4) is 0 Å². The van der Waals surface area contributed by atoms with Crippen molar-refractivity contribution in [2.24, 2.45) is 0 Å². The Morgan fingerprint density at radius 1 is 1.04 bits per heavy atom. The molecule has 130 valence electrons. The van der Waals surface area contributed by atoms with Gasteiger partial charge in [-0.15, -0.1) is 0 Å². The topological polar surface area (TPSA) is 104 Å². The summed E-state index contributed by atoms with van der Waals surface area (Å²) in [6.45, 7) is 1.39. The predicted octanol–water partition coefficient (Wildman–Crippen LogP) is 1.08.